The summed E-state index contributed by atoms with van der Waals surface area (Å²) in [5.74, 6) is -0.468. The van der Waals surface area contributed by atoms with Gasteiger partial charge < -0.3 is 5.32 Å². The normalized spacial score (nSPS) is 10.5. The minimum absolute atomic E-state index is 0.149. The molecule has 5 nitrogen and oxygen atoms in total. The fraction of sp³-hybridized carbons (Fsp3) is 0. The number of carbonyl (C=O) groups excluding carboxylic acids is 1. The number of rotatable bonds is 4. The quantitative estimate of drug-likeness (QED) is 0.529. The fourth-order valence-electron chi connectivity index (χ4n) is 1.69. The van der Waals surface area contributed by atoms with Crippen molar-refractivity contribution in [1.82, 2.24) is 0 Å². The molecule has 0 aliphatic carbocycles. The first-order chi connectivity index (χ1) is 10.1. The van der Waals surface area contributed by atoms with E-state index >= 15 is 0 Å². The van der Waals surface area contributed by atoms with Crippen molar-refractivity contribution >= 4 is 35.0 Å². The van der Waals surface area contributed by atoms with Gasteiger partial charge in [0, 0.05) is 17.2 Å². The lowest BCUT2D eigenvalue weighted by Crippen LogP contribution is -2.09. The van der Waals surface area contributed by atoms with E-state index in [-0.39, 0.29) is 11.4 Å². The number of carbonyl (C=O) groups is 1. The highest BCUT2D eigenvalue weighted by molar-refractivity contribution is 6.32. The molecule has 1 N–H and O–H groups in total. The minimum atomic E-state index is -0.548. The zero-order valence-corrected chi connectivity index (χ0v) is 11.6. The highest BCUT2D eigenvalue weighted by Crippen LogP contribution is 2.23. The molecule has 0 saturated carbocycles. The molecule has 0 radical (unpaired) electrons. The summed E-state index contributed by atoms with van der Waals surface area (Å²) >= 11 is 5.96. The maximum atomic E-state index is 11.8. The molecule has 0 bridgehead atoms. The second kappa shape index (κ2) is 6.67. The number of nitro groups is 1. The lowest BCUT2D eigenvalue weighted by molar-refractivity contribution is -0.383. The number of nitrogens with one attached hydrogen (secondary N) is 1. The molecule has 0 aliphatic rings. The standard InChI is InChI=1S/C15H11ClN2O3/c16-12-6-2-1-5-11(12)9-10-15(19)17-13-7-3-4-8-14(13)18(20)21/h1-10H,(H,17,19). The molecule has 1 amide bonds. The predicted octanol–water partition coefficient (Wildman–Crippen LogP) is 3.90. The molecule has 106 valence electrons. The van der Waals surface area contributed by atoms with Gasteiger partial charge in [-0.05, 0) is 23.8 Å². The molecule has 0 unspecified atom stereocenters. The van der Waals surface area contributed by atoms with Crippen LogP contribution in [-0.4, -0.2) is 10.8 Å². The van der Waals surface area contributed by atoms with Gasteiger partial charge in [-0.2, -0.15) is 0 Å². The Morgan fingerprint density at radius 2 is 1.81 bits per heavy atom. The van der Waals surface area contributed by atoms with Crippen LogP contribution in [0.4, 0.5) is 11.4 Å². The molecule has 6 heteroatoms. The first kappa shape index (κ1) is 14.7. The lowest BCUT2D eigenvalue weighted by atomic mass is 10.2. The Morgan fingerprint density at radius 3 is 2.52 bits per heavy atom. The van der Waals surface area contributed by atoms with Gasteiger partial charge >= 0.3 is 0 Å². The summed E-state index contributed by atoms with van der Waals surface area (Å²) in [4.78, 5) is 22.1. The predicted molar refractivity (Wildman–Crippen MR) is 82.2 cm³/mol. The molecule has 0 heterocycles. The minimum Gasteiger partial charge on any atom is -0.317 e. The van der Waals surface area contributed by atoms with Gasteiger partial charge in [0.15, 0.2) is 0 Å². The van der Waals surface area contributed by atoms with Crippen LogP contribution < -0.4 is 5.32 Å². The summed E-state index contributed by atoms with van der Waals surface area (Å²) in [6, 6.07) is 13.0. The van der Waals surface area contributed by atoms with Crippen LogP contribution in [-0.2, 0) is 4.79 Å². The van der Waals surface area contributed by atoms with E-state index in [4.69, 9.17) is 11.6 Å². The Morgan fingerprint density at radius 1 is 1.14 bits per heavy atom. The second-order valence-corrected chi connectivity index (χ2v) is 4.53. The van der Waals surface area contributed by atoms with E-state index in [0.717, 1.165) is 0 Å². The third kappa shape index (κ3) is 3.90. The fourth-order valence-corrected chi connectivity index (χ4v) is 1.89. The van der Waals surface area contributed by atoms with Crippen molar-refractivity contribution in [1.29, 1.82) is 0 Å². The molecular formula is C15H11ClN2O3. The summed E-state index contributed by atoms with van der Waals surface area (Å²) < 4.78 is 0. The first-order valence-electron chi connectivity index (χ1n) is 6.05. The van der Waals surface area contributed by atoms with Crippen LogP contribution >= 0.6 is 11.6 Å². The maximum absolute atomic E-state index is 11.8. The summed E-state index contributed by atoms with van der Waals surface area (Å²) in [5.41, 5.74) is 0.685. The van der Waals surface area contributed by atoms with Gasteiger partial charge in [-0.25, -0.2) is 0 Å². The van der Waals surface area contributed by atoms with Crippen molar-refractivity contribution in [2.75, 3.05) is 5.32 Å². The first-order valence-corrected chi connectivity index (χ1v) is 6.43. The number of halogens is 1. The Kier molecular flexibility index (Phi) is 4.68. The molecule has 0 fully saturated rings. The topological polar surface area (TPSA) is 72.2 Å². The van der Waals surface area contributed by atoms with Crippen molar-refractivity contribution in [2.45, 2.75) is 0 Å². The molecule has 0 spiro atoms. The van der Waals surface area contributed by atoms with E-state index in [1.165, 1.54) is 24.3 Å². The Hall–Kier alpha value is -2.66. The Bertz CT molecular complexity index is 714. The SMILES string of the molecule is O=C(C=Cc1ccccc1Cl)Nc1ccccc1[N+](=O)[O-]. The molecule has 0 aliphatic heterocycles. The van der Waals surface area contributed by atoms with Gasteiger partial charge in [0.05, 0.1) is 4.92 Å². The molecular weight excluding hydrogens is 292 g/mol. The molecule has 2 aromatic carbocycles. The van der Waals surface area contributed by atoms with Crippen LogP contribution in [0.5, 0.6) is 0 Å². The maximum Gasteiger partial charge on any atom is 0.292 e. The van der Waals surface area contributed by atoms with Gasteiger partial charge in [-0.1, -0.05) is 41.9 Å². The average molecular weight is 303 g/mol. The van der Waals surface area contributed by atoms with Crippen molar-refractivity contribution in [3.63, 3.8) is 0 Å². The van der Waals surface area contributed by atoms with E-state index in [2.05, 4.69) is 5.32 Å². The van der Waals surface area contributed by atoms with Gasteiger partial charge in [-0.15, -0.1) is 0 Å². The van der Waals surface area contributed by atoms with Crippen LogP contribution in [0, 0.1) is 10.1 Å². The number of para-hydroxylation sites is 2. The molecule has 2 rings (SSSR count). The van der Waals surface area contributed by atoms with E-state index in [0.29, 0.717) is 10.6 Å². The number of benzene rings is 2. The van der Waals surface area contributed by atoms with Crippen LogP contribution in [0.15, 0.2) is 54.6 Å². The third-order valence-electron chi connectivity index (χ3n) is 2.68. The van der Waals surface area contributed by atoms with Crippen molar-refractivity contribution in [2.24, 2.45) is 0 Å². The Balaban J connectivity index is 2.13. The summed E-state index contributed by atoms with van der Waals surface area (Å²) in [5, 5.41) is 13.8. The van der Waals surface area contributed by atoms with E-state index in [9.17, 15) is 14.9 Å². The number of nitrogens with zero attached hydrogens (tertiary/aromatic N) is 1. The number of hydrogen-bond acceptors (Lipinski definition) is 3. The number of anilines is 1. The van der Waals surface area contributed by atoms with Crippen molar-refractivity contribution in [3.05, 3.63) is 75.3 Å². The van der Waals surface area contributed by atoms with Gasteiger partial charge in [0.2, 0.25) is 5.91 Å². The van der Waals surface area contributed by atoms with Gasteiger partial charge in [-0.3, -0.25) is 14.9 Å². The van der Waals surface area contributed by atoms with Crippen LogP contribution in [0.1, 0.15) is 5.56 Å². The molecule has 21 heavy (non-hydrogen) atoms. The molecule has 0 aromatic heterocycles. The zero-order chi connectivity index (χ0) is 15.2. The van der Waals surface area contributed by atoms with Crippen LogP contribution in [0.2, 0.25) is 5.02 Å². The van der Waals surface area contributed by atoms with Gasteiger partial charge in [0.1, 0.15) is 5.69 Å². The number of hydrogen-bond donors (Lipinski definition) is 1. The number of amides is 1. The largest absolute Gasteiger partial charge is 0.317 e. The summed E-state index contributed by atoms with van der Waals surface area (Å²) in [7, 11) is 0. The number of nitro benzene ring substituents is 1. The molecule has 0 atom stereocenters. The highest BCUT2D eigenvalue weighted by atomic mass is 35.5. The monoisotopic (exact) mass is 302 g/mol. The van der Waals surface area contributed by atoms with E-state index < -0.39 is 10.8 Å². The third-order valence-corrected chi connectivity index (χ3v) is 3.02. The summed E-state index contributed by atoms with van der Waals surface area (Å²) in [6.45, 7) is 0. The smallest absolute Gasteiger partial charge is 0.292 e. The van der Waals surface area contributed by atoms with E-state index in [1.54, 1.807) is 36.4 Å². The van der Waals surface area contributed by atoms with Gasteiger partial charge in [0.25, 0.3) is 5.69 Å². The van der Waals surface area contributed by atoms with Crippen LogP contribution in [0.25, 0.3) is 6.08 Å². The summed E-state index contributed by atoms with van der Waals surface area (Å²) in [6.07, 6.45) is 2.82. The van der Waals surface area contributed by atoms with Crippen LogP contribution in [0.3, 0.4) is 0 Å². The van der Waals surface area contributed by atoms with Crippen molar-refractivity contribution in [3.8, 4) is 0 Å². The Labute approximate surface area is 126 Å². The lowest BCUT2D eigenvalue weighted by Gasteiger charge is -2.03. The second-order valence-electron chi connectivity index (χ2n) is 4.12. The molecule has 2 aromatic rings. The highest BCUT2D eigenvalue weighted by Gasteiger charge is 2.13. The van der Waals surface area contributed by atoms with Crippen molar-refractivity contribution < 1.29 is 9.72 Å². The average Bonchev–Trinajstić information content (AvgIpc) is 2.47. The zero-order valence-electron chi connectivity index (χ0n) is 10.8. The molecule has 0 saturated heterocycles. The van der Waals surface area contributed by atoms with E-state index in [1.807, 2.05) is 0 Å².